The first-order chi connectivity index (χ1) is 9.74. The molecular weight excluding hydrogens is 292 g/mol. The Labute approximate surface area is 125 Å². The molecule has 0 aliphatic rings. The van der Waals surface area contributed by atoms with Crippen LogP contribution in [-0.2, 0) is 0 Å². The highest BCUT2D eigenvalue weighted by Gasteiger charge is 2.13. The second-order valence-electron chi connectivity index (χ2n) is 4.15. The molecule has 3 heterocycles. The summed E-state index contributed by atoms with van der Waals surface area (Å²) in [6.45, 7) is 1.99. The predicted molar refractivity (Wildman–Crippen MR) is 82.6 cm³/mol. The molecule has 0 atom stereocenters. The largest absolute Gasteiger partial charge is 0.316 e. The first-order valence-corrected chi connectivity index (χ1v) is 7.20. The van der Waals surface area contributed by atoms with Gasteiger partial charge in [-0.2, -0.15) is 0 Å². The highest BCUT2D eigenvalue weighted by molar-refractivity contribution is 7.20. The summed E-state index contributed by atoms with van der Waals surface area (Å²) >= 11 is 7.62. The van der Waals surface area contributed by atoms with Gasteiger partial charge < -0.3 is 5.32 Å². The summed E-state index contributed by atoms with van der Waals surface area (Å²) in [7, 11) is 0. The van der Waals surface area contributed by atoms with E-state index in [1.165, 1.54) is 11.3 Å². The van der Waals surface area contributed by atoms with Gasteiger partial charge in [-0.1, -0.05) is 35.1 Å². The Morgan fingerprint density at radius 1 is 1.10 bits per heavy atom. The monoisotopic (exact) mass is 302 g/mol. The molecule has 3 rings (SSSR count). The van der Waals surface area contributed by atoms with Gasteiger partial charge in [0.2, 0.25) is 0 Å². The van der Waals surface area contributed by atoms with Crippen molar-refractivity contribution in [3.8, 4) is 11.4 Å². The first-order valence-electron chi connectivity index (χ1n) is 6.00. The van der Waals surface area contributed by atoms with E-state index in [1.54, 1.807) is 12.4 Å². The molecule has 6 heteroatoms. The zero-order chi connectivity index (χ0) is 13.9. The standard InChI is InChI=1S/C14H11ClN4S/c1-9-5-4-8-17-13(9)19-14-18-11(12(15)20-14)10-6-2-3-7-16-10/h2-8H,1H3,(H,17,18,19). The van der Waals surface area contributed by atoms with Crippen LogP contribution in [0.25, 0.3) is 11.4 Å². The van der Waals surface area contributed by atoms with Crippen LogP contribution in [0, 0.1) is 6.92 Å². The van der Waals surface area contributed by atoms with Crippen molar-refractivity contribution in [3.05, 3.63) is 52.6 Å². The second-order valence-corrected chi connectivity index (χ2v) is 5.75. The summed E-state index contributed by atoms with van der Waals surface area (Å²) in [6, 6.07) is 9.55. The van der Waals surface area contributed by atoms with Crippen molar-refractivity contribution in [2.45, 2.75) is 6.92 Å². The molecule has 20 heavy (non-hydrogen) atoms. The number of halogens is 1. The molecule has 1 N–H and O–H groups in total. The Morgan fingerprint density at radius 2 is 1.95 bits per heavy atom. The van der Waals surface area contributed by atoms with Gasteiger partial charge in [0.1, 0.15) is 15.8 Å². The molecule has 0 saturated heterocycles. The van der Waals surface area contributed by atoms with Crippen molar-refractivity contribution in [3.63, 3.8) is 0 Å². The number of aryl methyl sites for hydroxylation is 1. The Kier molecular flexibility index (Phi) is 3.62. The van der Waals surface area contributed by atoms with E-state index in [-0.39, 0.29) is 0 Å². The van der Waals surface area contributed by atoms with E-state index >= 15 is 0 Å². The van der Waals surface area contributed by atoms with Crippen molar-refractivity contribution in [1.82, 2.24) is 15.0 Å². The molecule has 0 bridgehead atoms. The summed E-state index contributed by atoms with van der Waals surface area (Å²) in [5.74, 6) is 0.783. The van der Waals surface area contributed by atoms with Gasteiger partial charge >= 0.3 is 0 Å². The summed E-state index contributed by atoms with van der Waals surface area (Å²) in [5, 5.41) is 3.89. The third kappa shape index (κ3) is 2.64. The third-order valence-electron chi connectivity index (χ3n) is 2.73. The maximum Gasteiger partial charge on any atom is 0.190 e. The number of nitrogens with zero attached hydrogens (tertiary/aromatic N) is 3. The molecule has 0 aromatic carbocycles. The molecule has 100 valence electrons. The van der Waals surface area contributed by atoms with Crippen molar-refractivity contribution < 1.29 is 0 Å². The van der Waals surface area contributed by atoms with Crippen LogP contribution in [0.5, 0.6) is 0 Å². The van der Waals surface area contributed by atoms with Crippen molar-refractivity contribution in [2.24, 2.45) is 0 Å². The summed E-state index contributed by atoms with van der Waals surface area (Å²) in [4.78, 5) is 13.0. The average Bonchev–Trinajstić information content (AvgIpc) is 2.83. The fraction of sp³-hybridized carbons (Fsp3) is 0.0714. The molecule has 3 aromatic rings. The van der Waals surface area contributed by atoms with E-state index < -0.39 is 0 Å². The highest BCUT2D eigenvalue weighted by Crippen LogP contribution is 2.35. The smallest absolute Gasteiger partial charge is 0.190 e. The van der Waals surface area contributed by atoms with E-state index in [4.69, 9.17) is 11.6 Å². The first kappa shape index (κ1) is 13.0. The normalized spacial score (nSPS) is 10.5. The van der Waals surface area contributed by atoms with Crippen molar-refractivity contribution >= 4 is 33.9 Å². The number of rotatable bonds is 3. The molecular formula is C14H11ClN4S. The van der Waals surface area contributed by atoms with Gasteiger partial charge in [-0.25, -0.2) is 9.97 Å². The fourth-order valence-electron chi connectivity index (χ4n) is 1.73. The molecule has 0 amide bonds. The number of hydrogen-bond acceptors (Lipinski definition) is 5. The van der Waals surface area contributed by atoms with Crippen LogP contribution in [0.2, 0.25) is 4.34 Å². The fourth-order valence-corrected chi connectivity index (χ4v) is 2.79. The van der Waals surface area contributed by atoms with Crippen LogP contribution >= 0.6 is 22.9 Å². The van der Waals surface area contributed by atoms with E-state index in [2.05, 4.69) is 20.3 Å². The average molecular weight is 303 g/mol. The quantitative estimate of drug-likeness (QED) is 0.783. The topological polar surface area (TPSA) is 50.7 Å². The molecule has 0 radical (unpaired) electrons. The number of aromatic nitrogens is 3. The van der Waals surface area contributed by atoms with Crippen LogP contribution in [0.15, 0.2) is 42.7 Å². The second kappa shape index (κ2) is 5.56. The number of hydrogen-bond donors (Lipinski definition) is 1. The number of thiazole rings is 1. The zero-order valence-electron chi connectivity index (χ0n) is 10.7. The maximum absolute atomic E-state index is 6.24. The lowest BCUT2D eigenvalue weighted by atomic mass is 10.3. The van der Waals surface area contributed by atoms with E-state index in [1.807, 2.05) is 37.3 Å². The Bertz CT molecular complexity index is 727. The van der Waals surface area contributed by atoms with Crippen LogP contribution in [0.1, 0.15) is 5.56 Å². The predicted octanol–water partition coefficient (Wildman–Crippen LogP) is 4.31. The molecule has 0 saturated carbocycles. The molecule has 4 nitrogen and oxygen atoms in total. The molecule has 0 spiro atoms. The summed E-state index contributed by atoms with van der Waals surface area (Å²) in [6.07, 6.45) is 3.46. The van der Waals surface area contributed by atoms with Crippen LogP contribution < -0.4 is 5.32 Å². The van der Waals surface area contributed by atoms with Crippen LogP contribution in [0.4, 0.5) is 10.9 Å². The minimum atomic E-state index is 0.611. The van der Waals surface area contributed by atoms with Gasteiger partial charge in [0.05, 0.1) is 5.69 Å². The Balaban J connectivity index is 1.92. The van der Waals surface area contributed by atoms with Gasteiger partial charge in [-0.05, 0) is 30.7 Å². The third-order valence-corrected chi connectivity index (χ3v) is 3.90. The molecule has 3 aromatic heterocycles. The van der Waals surface area contributed by atoms with Gasteiger partial charge in [-0.15, -0.1) is 0 Å². The van der Waals surface area contributed by atoms with E-state index in [0.717, 1.165) is 17.1 Å². The summed E-state index contributed by atoms with van der Waals surface area (Å²) in [5.41, 5.74) is 2.51. The lowest BCUT2D eigenvalue weighted by molar-refractivity contribution is 1.23. The molecule has 0 unspecified atom stereocenters. The van der Waals surface area contributed by atoms with Crippen molar-refractivity contribution in [1.29, 1.82) is 0 Å². The van der Waals surface area contributed by atoms with E-state index in [9.17, 15) is 0 Å². The van der Waals surface area contributed by atoms with Crippen LogP contribution in [0.3, 0.4) is 0 Å². The minimum absolute atomic E-state index is 0.611. The Morgan fingerprint density at radius 3 is 2.70 bits per heavy atom. The van der Waals surface area contributed by atoms with Gasteiger partial charge in [0.15, 0.2) is 5.13 Å². The lowest BCUT2D eigenvalue weighted by Gasteiger charge is -2.03. The zero-order valence-corrected chi connectivity index (χ0v) is 12.2. The highest BCUT2D eigenvalue weighted by atomic mass is 35.5. The SMILES string of the molecule is Cc1cccnc1Nc1nc(-c2ccccn2)c(Cl)s1. The van der Waals surface area contributed by atoms with Gasteiger partial charge in [-0.3, -0.25) is 4.98 Å². The lowest BCUT2D eigenvalue weighted by Crippen LogP contribution is -1.95. The molecule has 0 aliphatic heterocycles. The van der Waals surface area contributed by atoms with Gasteiger partial charge in [0.25, 0.3) is 0 Å². The molecule has 0 aliphatic carbocycles. The van der Waals surface area contributed by atoms with Gasteiger partial charge in [0, 0.05) is 12.4 Å². The minimum Gasteiger partial charge on any atom is -0.316 e. The number of nitrogens with one attached hydrogen (secondary N) is 1. The Hall–Kier alpha value is -1.98. The molecule has 0 fully saturated rings. The number of pyridine rings is 2. The maximum atomic E-state index is 6.24. The summed E-state index contributed by atoms with van der Waals surface area (Å²) < 4.78 is 0.611. The van der Waals surface area contributed by atoms with Crippen molar-refractivity contribution in [2.75, 3.05) is 5.32 Å². The van der Waals surface area contributed by atoms with E-state index in [0.29, 0.717) is 15.2 Å². The van der Waals surface area contributed by atoms with Crippen LogP contribution in [-0.4, -0.2) is 15.0 Å². The number of anilines is 2.